The van der Waals surface area contributed by atoms with Gasteiger partial charge in [-0.25, -0.2) is 0 Å². The molecule has 0 N–H and O–H groups in total. The molecule has 1 fully saturated rings. The van der Waals surface area contributed by atoms with E-state index in [0.717, 1.165) is 22.2 Å². The highest BCUT2D eigenvalue weighted by Gasteiger charge is 2.35. The topological polar surface area (TPSA) is 133 Å². The van der Waals surface area contributed by atoms with Gasteiger partial charge in [0, 0.05) is 29.8 Å². The van der Waals surface area contributed by atoms with Crippen molar-refractivity contribution in [3.8, 4) is 5.75 Å². The molecule has 3 aromatic carbocycles. The average molecular weight is 491 g/mol. The molecule has 0 radical (unpaired) electrons. The Morgan fingerprint density at radius 3 is 2.00 bits per heavy atom. The van der Waals surface area contributed by atoms with E-state index >= 15 is 0 Å². The van der Waals surface area contributed by atoms with E-state index in [2.05, 4.69) is 0 Å². The fraction of sp³-hybridized carbons (Fsp3) is 0.0833. The van der Waals surface area contributed by atoms with Crippen molar-refractivity contribution in [2.24, 2.45) is 0 Å². The number of nitro benzene ring substituents is 2. The molecule has 1 saturated heterocycles. The standard InChI is InChI=1S/C24H17N3O7S/c28-23-22(35-24(29)25(23)14-16-5-9-19(10-6-16)26(30)31)13-18-3-1-2-4-21(18)34-15-17-7-11-20(12-8-17)27(32)33/h1-13H,14-15H2. The largest absolute Gasteiger partial charge is 0.488 e. The Morgan fingerprint density at radius 1 is 0.829 bits per heavy atom. The van der Waals surface area contributed by atoms with Crippen LogP contribution in [0.1, 0.15) is 16.7 Å². The van der Waals surface area contributed by atoms with E-state index in [1.54, 1.807) is 42.5 Å². The van der Waals surface area contributed by atoms with Crippen LogP contribution in [0.25, 0.3) is 6.08 Å². The zero-order chi connectivity index (χ0) is 24.9. The van der Waals surface area contributed by atoms with Crippen LogP contribution in [0.2, 0.25) is 0 Å². The van der Waals surface area contributed by atoms with Crippen LogP contribution in [-0.4, -0.2) is 25.9 Å². The minimum Gasteiger partial charge on any atom is -0.488 e. The first-order chi connectivity index (χ1) is 16.8. The van der Waals surface area contributed by atoms with Crippen molar-refractivity contribution in [2.45, 2.75) is 13.2 Å². The van der Waals surface area contributed by atoms with Crippen molar-refractivity contribution < 1.29 is 24.2 Å². The lowest BCUT2D eigenvalue weighted by molar-refractivity contribution is -0.385. The fourth-order valence-electron chi connectivity index (χ4n) is 3.29. The van der Waals surface area contributed by atoms with Crippen LogP contribution in [0.5, 0.6) is 5.75 Å². The van der Waals surface area contributed by atoms with Gasteiger partial charge in [-0.15, -0.1) is 0 Å². The first-order valence-corrected chi connectivity index (χ1v) is 11.1. The fourth-order valence-corrected chi connectivity index (χ4v) is 4.12. The molecule has 0 saturated carbocycles. The summed E-state index contributed by atoms with van der Waals surface area (Å²) in [7, 11) is 0. The van der Waals surface area contributed by atoms with Crippen molar-refractivity contribution in [1.29, 1.82) is 0 Å². The molecular formula is C24H17N3O7S. The molecule has 0 aliphatic carbocycles. The van der Waals surface area contributed by atoms with Gasteiger partial charge in [0.1, 0.15) is 12.4 Å². The van der Waals surface area contributed by atoms with Crippen molar-refractivity contribution in [3.05, 3.63) is 115 Å². The number of rotatable bonds is 8. The molecule has 1 aliphatic rings. The molecule has 11 heteroatoms. The smallest absolute Gasteiger partial charge is 0.293 e. The summed E-state index contributed by atoms with van der Waals surface area (Å²) in [5.41, 5.74) is 1.82. The SMILES string of the molecule is O=C1SC(=Cc2ccccc2OCc2ccc([N+](=O)[O-])cc2)C(=O)N1Cc1ccc([N+](=O)[O-])cc1. The summed E-state index contributed by atoms with van der Waals surface area (Å²) >= 11 is 0.802. The summed E-state index contributed by atoms with van der Waals surface area (Å²) in [6.07, 6.45) is 1.58. The normalized spacial score (nSPS) is 14.4. The molecule has 2 amide bonds. The van der Waals surface area contributed by atoms with Gasteiger partial charge in [-0.2, -0.15) is 0 Å². The maximum absolute atomic E-state index is 12.9. The number of hydrogen-bond acceptors (Lipinski definition) is 8. The molecule has 0 unspecified atom stereocenters. The lowest BCUT2D eigenvalue weighted by Gasteiger charge is -2.12. The number of carbonyl (C=O) groups excluding carboxylic acids is 2. The highest BCUT2D eigenvalue weighted by atomic mass is 32.2. The number of imide groups is 1. The van der Waals surface area contributed by atoms with Crippen LogP contribution >= 0.6 is 11.8 Å². The van der Waals surface area contributed by atoms with E-state index in [9.17, 15) is 29.8 Å². The van der Waals surface area contributed by atoms with E-state index in [0.29, 0.717) is 16.9 Å². The quantitative estimate of drug-likeness (QED) is 0.235. The van der Waals surface area contributed by atoms with Gasteiger partial charge in [0.25, 0.3) is 22.5 Å². The second kappa shape index (κ2) is 10.2. The molecule has 176 valence electrons. The van der Waals surface area contributed by atoms with Gasteiger partial charge in [-0.1, -0.05) is 30.3 Å². The summed E-state index contributed by atoms with van der Waals surface area (Å²) in [5, 5.41) is 21.2. The van der Waals surface area contributed by atoms with E-state index in [4.69, 9.17) is 4.74 Å². The van der Waals surface area contributed by atoms with Crippen molar-refractivity contribution in [1.82, 2.24) is 4.90 Å². The second-order valence-corrected chi connectivity index (χ2v) is 8.43. The number of amides is 2. The Balaban J connectivity index is 1.47. The minimum atomic E-state index is -0.520. The maximum Gasteiger partial charge on any atom is 0.293 e. The number of thioether (sulfide) groups is 1. The van der Waals surface area contributed by atoms with Crippen LogP contribution in [-0.2, 0) is 17.9 Å². The zero-order valence-electron chi connectivity index (χ0n) is 18.0. The van der Waals surface area contributed by atoms with Gasteiger partial charge in [0.2, 0.25) is 0 Å². The van der Waals surface area contributed by atoms with E-state index in [1.165, 1.54) is 36.4 Å². The third-order valence-corrected chi connectivity index (χ3v) is 6.02. The first-order valence-electron chi connectivity index (χ1n) is 10.3. The predicted molar refractivity (Wildman–Crippen MR) is 128 cm³/mol. The maximum atomic E-state index is 12.9. The highest BCUT2D eigenvalue weighted by molar-refractivity contribution is 8.18. The summed E-state index contributed by atoms with van der Waals surface area (Å²) in [4.78, 5) is 47.3. The third kappa shape index (κ3) is 5.53. The van der Waals surface area contributed by atoms with Crippen molar-refractivity contribution in [3.63, 3.8) is 0 Å². The molecule has 4 rings (SSSR count). The summed E-state index contributed by atoms with van der Waals surface area (Å²) in [6.45, 7) is 0.156. The average Bonchev–Trinajstić information content (AvgIpc) is 3.11. The zero-order valence-corrected chi connectivity index (χ0v) is 18.8. The monoisotopic (exact) mass is 491 g/mol. The van der Waals surface area contributed by atoms with E-state index < -0.39 is 21.0 Å². The first kappa shape index (κ1) is 23.6. The number of nitro groups is 2. The number of ether oxygens (including phenoxy) is 1. The van der Waals surface area contributed by atoms with Gasteiger partial charge in [0.05, 0.1) is 21.3 Å². The van der Waals surface area contributed by atoms with Crippen LogP contribution in [0, 0.1) is 20.2 Å². The number of benzene rings is 3. The predicted octanol–water partition coefficient (Wildman–Crippen LogP) is 5.32. The molecule has 0 atom stereocenters. The van der Waals surface area contributed by atoms with Crippen LogP contribution in [0.3, 0.4) is 0 Å². The molecule has 3 aromatic rings. The second-order valence-electron chi connectivity index (χ2n) is 7.44. The van der Waals surface area contributed by atoms with Gasteiger partial charge in [0.15, 0.2) is 0 Å². The lowest BCUT2D eigenvalue weighted by Crippen LogP contribution is -2.27. The molecule has 0 bridgehead atoms. The number of hydrogen-bond donors (Lipinski definition) is 0. The van der Waals surface area contributed by atoms with Crippen LogP contribution < -0.4 is 4.74 Å². The van der Waals surface area contributed by atoms with Crippen molar-refractivity contribution >= 4 is 40.4 Å². The summed E-state index contributed by atoms with van der Waals surface area (Å²) < 4.78 is 5.86. The minimum absolute atomic E-state index is 0.00169. The molecule has 0 spiro atoms. The summed E-state index contributed by atoms with van der Waals surface area (Å²) in [6, 6.07) is 18.7. The van der Waals surface area contributed by atoms with Gasteiger partial charge >= 0.3 is 0 Å². The number of non-ortho nitro benzene ring substituents is 2. The Kier molecular flexibility index (Phi) is 6.88. The molecule has 10 nitrogen and oxygen atoms in total. The Labute approximate surface area is 203 Å². The number of para-hydroxylation sites is 1. The Hall–Kier alpha value is -4.51. The lowest BCUT2D eigenvalue weighted by atomic mass is 10.1. The van der Waals surface area contributed by atoms with Crippen molar-refractivity contribution in [2.75, 3.05) is 0 Å². The molecule has 35 heavy (non-hydrogen) atoms. The number of nitrogens with zero attached hydrogens (tertiary/aromatic N) is 3. The Morgan fingerprint density at radius 2 is 1.40 bits per heavy atom. The van der Waals surface area contributed by atoms with E-state index in [1.807, 2.05) is 0 Å². The molecule has 1 aliphatic heterocycles. The van der Waals surface area contributed by atoms with Gasteiger partial charge in [-0.05, 0) is 47.2 Å². The van der Waals surface area contributed by atoms with Gasteiger partial charge < -0.3 is 4.74 Å². The van der Waals surface area contributed by atoms with E-state index in [-0.39, 0.29) is 29.4 Å². The van der Waals surface area contributed by atoms with Crippen LogP contribution in [0.4, 0.5) is 16.2 Å². The Bertz CT molecular complexity index is 1340. The molecular weight excluding hydrogens is 474 g/mol. The van der Waals surface area contributed by atoms with Crippen LogP contribution in [0.15, 0.2) is 77.7 Å². The third-order valence-electron chi connectivity index (χ3n) is 5.11. The van der Waals surface area contributed by atoms with Gasteiger partial charge in [-0.3, -0.25) is 34.7 Å². The summed E-state index contributed by atoms with van der Waals surface area (Å²) in [5.74, 6) is 0.0107. The highest BCUT2D eigenvalue weighted by Crippen LogP contribution is 2.35. The number of carbonyl (C=O) groups is 2. The molecule has 1 heterocycles. The molecule has 0 aromatic heterocycles.